The number of fused-ring (bicyclic) bond motifs is 3. The van der Waals surface area contributed by atoms with Crippen LogP contribution in [0, 0.1) is 5.82 Å². The van der Waals surface area contributed by atoms with Crippen LogP contribution in [0.3, 0.4) is 0 Å². The highest BCUT2D eigenvalue weighted by Crippen LogP contribution is 2.33. The fraction of sp³-hybridized carbons (Fsp3) is 0.167. The maximum absolute atomic E-state index is 13.8. The predicted molar refractivity (Wildman–Crippen MR) is 71.9 cm³/mol. The van der Waals surface area contributed by atoms with Gasteiger partial charge in [-0.3, -0.25) is 4.79 Å². The number of aromatic amines is 1. The summed E-state index contributed by atoms with van der Waals surface area (Å²) in [5.41, 5.74) is 0.820. The maximum atomic E-state index is 13.8. The molecule has 6 heteroatoms. The number of hydrogen-bond acceptors (Lipinski definition) is 4. The van der Waals surface area contributed by atoms with Gasteiger partial charge >= 0.3 is 0 Å². The molecule has 3 aromatic rings. The first-order chi connectivity index (χ1) is 8.70. The molecule has 0 bridgehead atoms. The van der Waals surface area contributed by atoms with Crippen LogP contribution in [-0.4, -0.2) is 16.5 Å². The molecule has 0 aliphatic rings. The lowest BCUT2D eigenvalue weighted by Gasteiger charge is -2.04. The zero-order valence-electron chi connectivity index (χ0n) is 9.58. The Hall–Kier alpha value is -1.95. The highest BCUT2D eigenvalue weighted by atomic mass is 32.1. The van der Waals surface area contributed by atoms with E-state index in [1.165, 1.54) is 23.7 Å². The summed E-state index contributed by atoms with van der Waals surface area (Å²) < 4.78 is 15.2. The van der Waals surface area contributed by atoms with Gasteiger partial charge in [-0.2, -0.15) is 0 Å². The summed E-state index contributed by atoms with van der Waals surface area (Å²) >= 11 is 1.32. The van der Waals surface area contributed by atoms with Gasteiger partial charge in [-0.05, 0) is 19.1 Å². The molecule has 2 aromatic heterocycles. The normalized spacial score (nSPS) is 11.2. The van der Waals surface area contributed by atoms with E-state index in [9.17, 15) is 9.18 Å². The van der Waals surface area contributed by atoms with Crippen molar-refractivity contribution in [1.29, 1.82) is 0 Å². The van der Waals surface area contributed by atoms with E-state index in [1.54, 1.807) is 6.07 Å². The van der Waals surface area contributed by atoms with Gasteiger partial charge in [0.1, 0.15) is 10.5 Å². The van der Waals surface area contributed by atoms with E-state index in [0.29, 0.717) is 27.8 Å². The number of hydrogen-bond donors (Lipinski definition) is 2. The molecule has 0 spiro atoms. The smallest absolute Gasteiger partial charge is 0.268 e. The lowest BCUT2D eigenvalue weighted by atomic mass is 10.2. The van der Waals surface area contributed by atoms with Gasteiger partial charge in [0.25, 0.3) is 5.56 Å². The average Bonchev–Trinajstić information content (AvgIpc) is 2.70. The molecule has 18 heavy (non-hydrogen) atoms. The minimum Gasteiger partial charge on any atom is -0.383 e. The molecule has 0 atom stereocenters. The number of H-pyrrole nitrogens is 1. The van der Waals surface area contributed by atoms with Crippen molar-refractivity contribution in [3.8, 4) is 0 Å². The number of anilines is 1. The first-order valence-corrected chi connectivity index (χ1v) is 6.35. The predicted octanol–water partition coefficient (Wildman–Crippen LogP) is 2.71. The van der Waals surface area contributed by atoms with Crippen molar-refractivity contribution in [2.45, 2.75) is 6.92 Å². The summed E-state index contributed by atoms with van der Waals surface area (Å²) in [6, 6.07) is 3.15. The van der Waals surface area contributed by atoms with Crippen LogP contribution in [0.2, 0.25) is 0 Å². The van der Waals surface area contributed by atoms with Crippen molar-refractivity contribution in [2.75, 3.05) is 11.9 Å². The topological polar surface area (TPSA) is 57.8 Å². The number of nitrogens with one attached hydrogen (secondary N) is 2. The van der Waals surface area contributed by atoms with Gasteiger partial charge in [-0.25, -0.2) is 9.37 Å². The van der Waals surface area contributed by atoms with Gasteiger partial charge < -0.3 is 10.3 Å². The Labute approximate surface area is 105 Å². The third kappa shape index (κ3) is 1.57. The molecule has 3 rings (SSSR count). The molecule has 92 valence electrons. The minimum atomic E-state index is -0.328. The van der Waals surface area contributed by atoms with E-state index >= 15 is 0 Å². The second-order valence-electron chi connectivity index (χ2n) is 3.87. The van der Waals surface area contributed by atoms with Crippen LogP contribution in [0.1, 0.15) is 6.92 Å². The molecule has 0 amide bonds. The molecule has 0 fully saturated rings. The highest BCUT2D eigenvalue weighted by Gasteiger charge is 2.12. The fourth-order valence-corrected chi connectivity index (χ4v) is 3.01. The number of rotatable bonds is 2. The first-order valence-electron chi connectivity index (χ1n) is 5.54. The maximum Gasteiger partial charge on any atom is 0.268 e. The Balaban J connectivity index is 2.40. The van der Waals surface area contributed by atoms with Crippen molar-refractivity contribution < 1.29 is 4.39 Å². The quantitative estimate of drug-likeness (QED) is 0.747. The van der Waals surface area contributed by atoms with Crippen molar-refractivity contribution in [2.24, 2.45) is 0 Å². The Bertz CT molecular complexity index is 793. The number of nitrogens with zero attached hydrogens (tertiary/aromatic N) is 1. The van der Waals surface area contributed by atoms with E-state index in [1.807, 2.05) is 6.92 Å². The van der Waals surface area contributed by atoms with Crippen LogP contribution in [0.5, 0.6) is 0 Å². The molecule has 0 saturated heterocycles. The second kappa shape index (κ2) is 4.06. The van der Waals surface area contributed by atoms with Gasteiger partial charge in [0.2, 0.25) is 0 Å². The highest BCUT2D eigenvalue weighted by molar-refractivity contribution is 7.25. The molecule has 0 aliphatic carbocycles. The fourth-order valence-electron chi connectivity index (χ4n) is 1.93. The van der Waals surface area contributed by atoms with E-state index in [2.05, 4.69) is 15.3 Å². The van der Waals surface area contributed by atoms with Crippen LogP contribution >= 0.6 is 11.3 Å². The van der Waals surface area contributed by atoms with Crippen molar-refractivity contribution in [3.05, 3.63) is 34.6 Å². The molecular formula is C12H10FN3OS. The Morgan fingerprint density at radius 3 is 3.11 bits per heavy atom. The molecule has 0 saturated carbocycles. The van der Waals surface area contributed by atoms with E-state index in [-0.39, 0.29) is 11.4 Å². The molecular weight excluding hydrogens is 253 g/mol. The molecule has 2 N–H and O–H groups in total. The van der Waals surface area contributed by atoms with Gasteiger partial charge in [-0.15, -0.1) is 11.3 Å². The van der Waals surface area contributed by atoms with E-state index in [4.69, 9.17) is 0 Å². The summed E-state index contributed by atoms with van der Waals surface area (Å²) in [6.45, 7) is 2.55. The molecule has 0 aliphatic heterocycles. The average molecular weight is 263 g/mol. The number of halogens is 1. The third-order valence-electron chi connectivity index (χ3n) is 2.71. The zero-order chi connectivity index (χ0) is 12.7. The van der Waals surface area contributed by atoms with Crippen molar-refractivity contribution in [3.63, 3.8) is 0 Å². The number of thiophene rings is 1. The first kappa shape index (κ1) is 11.2. The Morgan fingerprint density at radius 1 is 1.50 bits per heavy atom. The minimum absolute atomic E-state index is 0.188. The number of benzene rings is 1. The van der Waals surface area contributed by atoms with Crippen LogP contribution in [0.15, 0.2) is 23.3 Å². The monoisotopic (exact) mass is 263 g/mol. The Morgan fingerprint density at radius 2 is 2.33 bits per heavy atom. The Kier molecular flexibility index (Phi) is 2.52. The van der Waals surface area contributed by atoms with Crippen molar-refractivity contribution >= 4 is 37.3 Å². The number of aromatic nitrogens is 2. The molecule has 2 heterocycles. The SMILES string of the molecule is CCNc1cc2sc3c(=O)[nH]cnc3c2cc1F. The van der Waals surface area contributed by atoms with Crippen molar-refractivity contribution in [1.82, 2.24) is 9.97 Å². The zero-order valence-corrected chi connectivity index (χ0v) is 10.4. The standard InChI is InChI=1S/C12H10FN3OS/c1-2-14-8-4-9-6(3-7(8)13)10-11(18-9)12(17)16-5-15-10/h3-5,14H,2H2,1H3,(H,15,16,17). The molecule has 0 radical (unpaired) electrons. The molecule has 1 aromatic carbocycles. The summed E-state index contributed by atoms with van der Waals surface area (Å²) in [6.07, 6.45) is 1.34. The summed E-state index contributed by atoms with van der Waals surface area (Å²) in [5.74, 6) is -0.328. The lowest BCUT2D eigenvalue weighted by Crippen LogP contribution is -2.03. The van der Waals surface area contributed by atoms with Crippen LogP contribution in [0.25, 0.3) is 20.3 Å². The van der Waals surface area contributed by atoms with Crippen LogP contribution in [0.4, 0.5) is 10.1 Å². The van der Waals surface area contributed by atoms with E-state index in [0.717, 1.165) is 4.70 Å². The summed E-state index contributed by atoms with van der Waals surface area (Å²) in [5, 5.41) is 3.63. The third-order valence-corrected chi connectivity index (χ3v) is 3.85. The second-order valence-corrected chi connectivity index (χ2v) is 4.92. The van der Waals surface area contributed by atoms with Gasteiger partial charge in [0.05, 0.1) is 17.5 Å². The summed E-state index contributed by atoms with van der Waals surface area (Å²) in [4.78, 5) is 18.3. The largest absolute Gasteiger partial charge is 0.383 e. The molecule has 4 nitrogen and oxygen atoms in total. The van der Waals surface area contributed by atoms with Crippen LogP contribution in [-0.2, 0) is 0 Å². The molecule has 0 unspecified atom stereocenters. The van der Waals surface area contributed by atoms with E-state index < -0.39 is 0 Å². The lowest BCUT2D eigenvalue weighted by molar-refractivity contribution is 0.632. The summed E-state index contributed by atoms with van der Waals surface area (Å²) in [7, 11) is 0. The van der Waals surface area contributed by atoms with Gasteiger partial charge in [0.15, 0.2) is 0 Å². The van der Waals surface area contributed by atoms with Crippen LogP contribution < -0.4 is 10.9 Å². The van der Waals surface area contributed by atoms with Gasteiger partial charge in [0, 0.05) is 16.6 Å². The van der Waals surface area contributed by atoms with Gasteiger partial charge in [-0.1, -0.05) is 0 Å².